The summed E-state index contributed by atoms with van der Waals surface area (Å²) in [5.74, 6) is -1.95. The number of aryl methyl sites for hydroxylation is 1. The zero-order chi connectivity index (χ0) is 16.8. The first-order valence-corrected chi connectivity index (χ1v) is 7.42. The van der Waals surface area contributed by atoms with Gasteiger partial charge in [0.25, 0.3) is 5.91 Å². The lowest BCUT2D eigenvalue weighted by Gasteiger charge is -2.06. The number of nitrogens with one attached hydrogen (secondary N) is 1. The maximum atomic E-state index is 13.3. The summed E-state index contributed by atoms with van der Waals surface area (Å²) in [5.41, 5.74) is 1.26. The number of halogens is 3. The van der Waals surface area contributed by atoms with E-state index in [4.69, 9.17) is 4.84 Å². The molecule has 0 aromatic heterocycles. The molecule has 0 fully saturated rings. The third kappa shape index (κ3) is 4.85. The van der Waals surface area contributed by atoms with Crippen LogP contribution in [0.3, 0.4) is 0 Å². The quantitative estimate of drug-likeness (QED) is 0.626. The largest absolute Gasteiger partial charge is 0.386 e. The molecule has 0 saturated heterocycles. The number of oxime groups is 1. The lowest BCUT2D eigenvalue weighted by molar-refractivity contribution is -0.120. The Hall–Kier alpha value is -2.28. The van der Waals surface area contributed by atoms with Crippen LogP contribution in [0.1, 0.15) is 11.1 Å². The molecule has 1 amide bonds. The van der Waals surface area contributed by atoms with Crippen LogP contribution in [0.25, 0.3) is 0 Å². The fourth-order valence-electron chi connectivity index (χ4n) is 1.74. The van der Waals surface area contributed by atoms with Crippen LogP contribution in [0, 0.1) is 18.6 Å². The molecule has 0 radical (unpaired) electrons. The highest BCUT2D eigenvalue weighted by atomic mass is 79.9. The molecule has 0 spiro atoms. The van der Waals surface area contributed by atoms with Gasteiger partial charge in [0.1, 0.15) is 11.6 Å². The van der Waals surface area contributed by atoms with Gasteiger partial charge in [0.05, 0.1) is 11.8 Å². The Balaban J connectivity index is 1.87. The molecule has 0 heterocycles. The smallest absolute Gasteiger partial charge is 0.265 e. The fourth-order valence-corrected chi connectivity index (χ4v) is 1.99. The van der Waals surface area contributed by atoms with Gasteiger partial charge in [0.15, 0.2) is 6.61 Å². The van der Waals surface area contributed by atoms with Crippen molar-refractivity contribution in [2.75, 3.05) is 11.9 Å². The first kappa shape index (κ1) is 17.1. The Morgan fingerprint density at radius 1 is 1.30 bits per heavy atom. The van der Waals surface area contributed by atoms with Crippen molar-refractivity contribution in [2.45, 2.75) is 6.92 Å². The number of carbonyl (C=O) groups excluding carboxylic acids is 1. The van der Waals surface area contributed by atoms with Gasteiger partial charge in [-0.05, 0) is 42.8 Å². The summed E-state index contributed by atoms with van der Waals surface area (Å²) in [7, 11) is 0. The minimum Gasteiger partial charge on any atom is -0.386 e. The number of rotatable bonds is 5. The predicted octanol–water partition coefficient (Wildman–Crippen LogP) is 4.02. The van der Waals surface area contributed by atoms with Crippen molar-refractivity contribution in [3.63, 3.8) is 0 Å². The van der Waals surface area contributed by atoms with E-state index in [1.807, 2.05) is 13.0 Å². The molecule has 1 N–H and O–H groups in total. The number of amides is 1. The van der Waals surface area contributed by atoms with Gasteiger partial charge in [-0.3, -0.25) is 4.79 Å². The normalized spacial score (nSPS) is 10.8. The molecule has 120 valence electrons. The molecule has 2 aromatic carbocycles. The summed E-state index contributed by atoms with van der Waals surface area (Å²) >= 11 is 3.36. The molecule has 0 aliphatic carbocycles. The Morgan fingerprint density at radius 2 is 2.00 bits per heavy atom. The van der Waals surface area contributed by atoms with E-state index in [1.165, 1.54) is 6.07 Å². The molecule has 4 nitrogen and oxygen atoms in total. The zero-order valence-electron chi connectivity index (χ0n) is 12.1. The SMILES string of the molecule is Cc1cc(NC(=O)CON=Cc2c(F)cccc2F)ccc1Br. The molecule has 23 heavy (non-hydrogen) atoms. The van der Waals surface area contributed by atoms with Crippen LogP contribution < -0.4 is 5.32 Å². The summed E-state index contributed by atoms with van der Waals surface area (Å²) < 4.78 is 27.6. The molecule has 0 saturated carbocycles. The van der Waals surface area contributed by atoms with Gasteiger partial charge in [0.2, 0.25) is 0 Å². The van der Waals surface area contributed by atoms with E-state index < -0.39 is 17.5 Å². The summed E-state index contributed by atoms with van der Waals surface area (Å²) in [5, 5.41) is 6.03. The molecule has 2 rings (SSSR count). The van der Waals surface area contributed by atoms with Crippen LogP contribution in [-0.4, -0.2) is 18.7 Å². The number of hydrogen-bond donors (Lipinski definition) is 1. The van der Waals surface area contributed by atoms with Crippen LogP contribution in [-0.2, 0) is 9.63 Å². The highest BCUT2D eigenvalue weighted by Crippen LogP contribution is 2.19. The standard InChI is InChI=1S/C16H13BrF2N2O2/c1-10-7-11(5-6-13(10)17)21-16(22)9-23-20-8-12-14(18)3-2-4-15(12)19/h2-8H,9H2,1H3,(H,21,22). The second kappa shape index (κ2) is 7.82. The van der Waals surface area contributed by atoms with Crippen molar-refractivity contribution < 1.29 is 18.4 Å². The number of anilines is 1. The van der Waals surface area contributed by atoms with Crippen LogP contribution in [0.2, 0.25) is 0 Å². The average molecular weight is 383 g/mol. The lowest BCUT2D eigenvalue weighted by Crippen LogP contribution is -2.17. The third-order valence-corrected chi connectivity index (χ3v) is 3.78. The van der Waals surface area contributed by atoms with E-state index in [0.29, 0.717) is 5.69 Å². The topological polar surface area (TPSA) is 50.7 Å². The molecule has 7 heteroatoms. The highest BCUT2D eigenvalue weighted by Gasteiger charge is 2.06. The van der Waals surface area contributed by atoms with Crippen molar-refractivity contribution in [1.82, 2.24) is 0 Å². The summed E-state index contributed by atoms with van der Waals surface area (Å²) in [4.78, 5) is 16.4. The predicted molar refractivity (Wildman–Crippen MR) is 87.4 cm³/mol. The zero-order valence-corrected chi connectivity index (χ0v) is 13.7. The first-order valence-electron chi connectivity index (χ1n) is 6.62. The van der Waals surface area contributed by atoms with Gasteiger partial charge in [-0.25, -0.2) is 8.78 Å². The van der Waals surface area contributed by atoms with Gasteiger partial charge in [-0.1, -0.05) is 27.2 Å². The van der Waals surface area contributed by atoms with E-state index in [9.17, 15) is 13.6 Å². The number of hydrogen-bond acceptors (Lipinski definition) is 3. The van der Waals surface area contributed by atoms with Gasteiger partial charge < -0.3 is 10.2 Å². The van der Waals surface area contributed by atoms with Crippen LogP contribution >= 0.6 is 15.9 Å². The molecule has 0 bridgehead atoms. The molecule has 0 aliphatic rings. The molecule has 2 aromatic rings. The van der Waals surface area contributed by atoms with Crippen LogP contribution in [0.4, 0.5) is 14.5 Å². The van der Waals surface area contributed by atoms with Crippen LogP contribution in [0.15, 0.2) is 46.0 Å². The van der Waals surface area contributed by atoms with Crippen molar-refractivity contribution in [2.24, 2.45) is 5.16 Å². The summed E-state index contributed by atoms with van der Waals surface area (Å²) in [6.07, 6.45) is 0.891. The molecule has 0 unspecified atom stereocenters. The van der Waals surface area contributed by atoms with Crippen molar-refractivity contribution in [1.29, 1.82) is 0 Å². The van der Waals surface area contributed by atoms with E-state index >= 15 is 0 Å². The van der Waals surface area contributed by atoms with Gasteiger partial charge in [-0.2, -0.15) is 0 Å². The number of carbonyl (C=O) groups is 1. The summed E-state index contributed by atoms with van der Waals surface area (Å²) in [6.45, 7) is 1.52. The van der Waals surface area contributed by atoms with E-state index in [0.717, 1.165) is 28.4 Å². The molecule has 0 atom stereocenters. The van der Waals surface area contributed by atoms with Gasteiger partial charge in [0, 0.05) is 10.2 Å². The number of nitrogens with zero attached hydrogens (tertiary/aromatic N) is 1. The summed E-state index contributed by atoms with van der Waals surface area (Å²) in [6, 6.07) is 8.79. The number of benzene rings is 2. The lowest BCUT2D eigenvalue weighted by atomic mass is 10.2. The highest BCUT2D eigenvalue weighted by molar-refractivity contribution is 9.10. The van der Waals surface area contributed by atoms with Crippen LogP contribution in [0.5, 0.6) is 0 Å². The van der Waals surface area contributed by atoms with Crippen molar-refractivity contribution >= 4 is 33.7 Å². The minimum atomic E-state index is -0.757. The maximum absolute atomic E-state index is 13.3. The van der Waals surface area contributed by atoms with Crippen molar-refractivity contribution in [3.05, 3.63) is 63.6 Å². The molecular formula is C16H13BrF2N2O2. The third-order valence-electron chi connectivity index (χ3n) is 2.89. The van der Waals surface area contributed by atoms with Crippen molar-refractivity contribution in [3.8, 4) is 0 Å². The van der Waals surface area contributed by atoms with Gasteiger partial charge in [-0.15, -0.1) is 0 Å². The fraction of sp³-hybridized carbons (Fsp3) is 0.125. The molecular weight excluding hydrogens is 370 g/mol. The molecule has 0 aliphatic heterocycles. The monoisotopic (exact) mass is 382 g/mol. The first-order chi connectivity index (χ1) is 11.0. The second-order valence-corrected chi connectivity index (χ2v) is 5.51. The maximum Gasteiger partial charge on any atom is 0.265 e. The Bertz CT molecular complexity index is 731. The van der Waals surface area contributed by atoms with E-state index in [1.54, 1.807) is 12.1 Å². The average Bonchev–Trinajstić information content (AvgIpc) is 2.50. The Morgan fingerprint density at radius 3 is 2.65 bits per heavy atom. The van der Waals surface area contributed by atoms with Gasteiger partial charge >= 0.3 is 0 Å². The minimum absolute atomic E-state index is 0.323. The van der Waals surface area contributed by atoms with E-state index in [-0.39, 0.29) is 12.2 Å². The Labute approximate surface area is 140 Å². The van der Waals surface area contributed by atoms with E-state index in [2.05, 4.69) is 26.4 Å². The Kier molecular flexibility index (Phi) is 5.81. The second-order valence-electron chi connectivity index (χ2n) is 4.66.